The Balaban J connectivity index is 1.73. The van der Waals surface area contributed by atoms with Crippen molar-refractivity contribution in [3.8, 4) is 5.75 Å². The summed E-state index contributed by atoms with van der Waals surface area (Å²) >= 11 is 0. The van der Waals surface area contributed by atoms with Crippen molar-refractivity contribution in [2.75, 3.05) is 14.2 Å². The third-order valence-corrected chi connectivity index (χ3v) is 6.82. The smallest absolute Gasteiger partial charge is 0.314 e. The molecule has 4 bridgehead atoms. The summed E-state index contributed by atoms with van der Waals surface area (Å²) in [6.45, 7) is 2.00. The summed E-state index contributed by atoms with van der Waals surface area (Å²) in [6.07, 6.45) is -0.476. The van der Waals surface area contributed by atoms with Gasteiger partial charge in [-0.2, -0.15) is 0 Å². The van der Waals surface area contributed by atoms with Gasteiger partial charge in [-0.1, -0.05) is 13.0 Å². The second-order valence-corrected chi connectivity index (χ2v) is 7.52. The maximum absolute atomic E-state index is 13.0. The number of rotatable bonds is 3. The Hall–Kier alpha value is -2.08. The second kappa shape index (κ2) is 4.75. The lowest BCUT2D eigenvalue weighted by molar-refractivity contribution is -0.216. The van der Waals surface area contributed by atoms with Crippen LogP contribution in [-0.4, -0.2) is 38.4 Å². The van der Waals surface area contributed by atoms with E-state index in [1.165, 1.54) is 7.11 Å². The van der Waals surface area contributed by atoms with Gasteiger partial charge in [0.2, 0.25) is 0 Å². The number of carbonyl (C=O) groups excluding carboxylic acids is 2. The summed E-state index contributed by atoms with van der Waals surface area (Å²) in [7, 11) is 2.97. The number of hydrogen-bond acceptors (Lipinski definition) is 6. The van der Waals surface area contributed by atoms with Gasteiger partial charge in [0.1, 0.15) is 11.9 Å². The van der Waals surface area contributed by atoms with Crippen molar-refractivity contribution in [2.24, 2.45) is 17.3 Å². The van der Waals surface area contributed by atoms with Gasteiger partial charge in [-0.05, 0) is 23.3 Å². The molecule has 1 aromatic rings. The first-order chi connectivity index (χ1) is 12.0. The zero-order valence-corrected chi connectivity index (χ0v) is 14.4. The summed E-state index contributed by atoms with van der Waals surface area (Å²) in [5.41, 5.74) is 1.19. The zero-order valence-electron chi connectivity index (χ0n) is 14.4. The molecule has 0 radical (unpaired) electrons. The van der Waals surface area contributed by atoms with Crippen LogP contribution in [0.4, 0.5) is 0 Å². The molecule has 5 aliphatic rings. The summed E-state index contributed by atoms with van der Waals surface area (Å²) in [6, 6.07) is 5.91. The molecule has 6 rings (SSSR count). The lowest BCUT2D eigenvalue weighted by Gasteiger charge is -2.55. The van der Waals surface area contributed by atoms with Crippen LogP contribution in [0, 0.1) is 17.3 Å². The fourth-order valence-corrected chi connectivity index (χ4v) is 5.73. The quantitative estimate of drug-likeness (QED) is 0.781. The number of hydrogen-bond donors (Lipinski definition) is 0. The van der Waals surface area contributed by atoms with Crippen LogP contribution in [0.1, 0.15) is 36.5 Å². The minimum atomic E-state index is -0.941. The van der Waals surface area contributed by atoms with E-state index in [0.29, 0.717) is 0 Å². The van der Waals surface area contributed by atoms with Crippen LogP contribution in [-0.2, 0) is 23.8 Å². The van der Waals surface area contributed by atoms with Gasteiger partial charge < -0.3 is 18.9 Å². The normalized spacial score (nSPS) is 42.1. The van der Waals surface area contributed by atoms with E-state index in [2.05, 4.69) is 0 Å². The summed E-state index contributed by atoms with van der Waals surface area (Å²) in [5, 5.41) is 0. The molecule has 6 heteroatoms. The Morgan fingerprint density at radius 3 is 2.76 bits per heavy atom. The molecule has 132 valence electrons. The van der Waals surface area contributed by atoms with E-state index < -0.39 is 11.4 Å². The lowest BCUT2D eigenvalue weighted by Crippen LogP contribution is -2.64. The summed E-state index contributed by atoms with van der Waals surface area (Å²) < 4.78 is 22.4. The largest absolute Gasteiger partial charge is 0.497 e. The minimum Gasteiger partial charge on any atom is -0.497 e. The van der Waals surface area contributed by atoms with Crippen LogP contribution in [0.3, 0.4) is 0 Å². The highest BCUT2D eigenvalue weighted by Crippen LogP contribution is 2.72. The molecule has 0 spiro atoms. The van der Waals surface area contributed by atoms with Crippen molar-refractivity contribution >= 4 is 11.9 Å². The van der Waals surface area contributed by atoms with Crippen molar-refractivity contribution in [1.82, 2.24) is 0 Å². The number of fused-ring (bicyclic) bond motifs is 3. The Labute approximate surface area is 145 Å². The zero-order chi connectivity index (χ0) is 17.5. The molecule has 3 heterocycles. The van der Waals surface area contributed by atoms with Gasteiger partial charge in [0.05, 0.1) is 38.3 Å². The topological polar surface area (TPSA) is 71.1 Å². The molecule has 1 saturated carbocycles. The number of methoxy groups -OCH3 is 2. The Morgan fingerprint density at radius 2 is 2.04 bits per heavy atom. The van der Waals surface area contributed by atoms with Gasteiger partial charge in [-0.15, -0.1) is 0 Å². The Kier molecular flexibility index (Phi) is 2.89. The first-order valence-corrected chi connectivity index (χ1v) is 8.64. The number of carbonyl (C=O) groups is 2. The fourth-order valence-electron chi connectivity index (χ4n) is 5.73. The molecule has 3 saturated heterocycles. The average molecular weight is 344 g/mol. The van der Waals surface area contributed by atoms with E-state index in [4.69, 9.17) is 18.9 Å². The molecule has 3 unspecified atom stereocenters. The molecule has 4 fully saturated rings. The van der Waals surface area contributed by atoms with E-state index in [1.54, 1.807) is 7.11 Å². The molecular weight excluding hydrogens is 324 g/mol. The van der Waals surface area contributed by atoms with E-state index in [-0.39, 0.29) is 48.5 Å². The number of esters is 2. The Bertz CT molecular complexity index is 788. The first kappa shape index (κ1) is 15.2. The fraction of sp³-hybridized carbons (Fsp3) is 0.579. The third-order valence-electron chi connectivity index (χ3n) is 6.82. The van der Waals surface area contributed by atoms with Gasteiger partial charge in [0.15, 0.2) is 0 Å². The van der Waals surface area contributed by atoms with Crippen LogP contribution >= 0.6 is 0 Å². The Morgan fingerprint density at radius 1 is 1.24 bits per heavy atom. The molecule has 6 nitrogen and oxygen atoms in total. The van der Waals surface area contributed by atoms with Crippen LogP contribution in [0.5, 0.6) is 5.75 Å². The van der Waals surface area contributed by atoms with Gasteiger partial charge in [0.25, 0.3) is 0 Å². The molecule has 1 aromatic carbocycles. The van der Waals surface area contributed by atoms with E-state index in [1.807, 2.05) is 25.1 Å². The van der Waals surface area contributed by atoms with Gasteiger partial charge in [0, 0.05) is 17.8 Å². The highest BCUT2D eigenvalue weighted by Gasteiger charge is 2.76. The lowest BCUT2D eigenvalue weighted by atomic mass is 9.52. The van der Waals surface area contributed by atoms with Crippen LogP contribution < -0.4 is 4.74 Å². The van der Waals surface area contributed by atoms with Crippen LogP contribution in [0.25, 0.3) is 0 Å². The predicted octanol–water partition coefficient (Wildman–Crippen LogP) is 1.97. The molecular formula is C19H20O6. The van der Waals surface area contributed by atoms with E-state index in [0.717, 1.165) is 16.9 Å². The predicted molar refractivity (Wildman–Crippen MR) is 84.9 cm³/mol. The van der Waals surface area contributed by atoms with Crippen molar-refractivity contribution in [3.05, 3.63) is 29.3 Å². The van der Waals surface area contributed by atoms with Crippen LogP contribution in [0.15, 0.2) is 18.2 Å². The molecule has 25 heavy (non-hydrogen) atoms. The van der Waals surface area contributed by atoms with Gasteiger partial charge >= 0.3 is 11.9 Å². The average Bonchev–Trinajstić information content (AvgIpc) is 3.11. The first-order valence-electron chi connectivity index (χ1n) is 8.64. The van der Waals surface area contributed by atoms with Crippen molar-refractivity contribution < 1.29 is 28.5 Å². The second-order valence-electron chi connectivity index (χ2n) is 7.52. The summed E-state index contributed by atoms with van der Waals surface area (Å²) in [4.78, 5) is 25.2. The van der Waals surface area contributed by atoms with E-state index in [9.17, 15) is 9.59 Å². The minimum absolute atomic E-state index is 0.0145. The molecule has 0 aromatic heterocycles. The third kappa shape index (κ3) is 1.59. The van der Waals surface area contributed by atoms with E-state index >= 15 is 0 Å². The maximum atomic E-state index is 13.0. The molecule has 7 atom stereocenters. The SMILES string of the molecule is COC(=O)C[C@]12C(=O)O[C@@H]3C4C1c1cc(OC)ccc1[C@@H]4OC3[C@@H]2C. The van der Waals surface area contributed by atoms with Crippen molar-refractivity contribution in [3.63, 3.8) is 0 Å². The molecule has 0 N–H and O–H groups in total. The number of benzene rings is 1. The van der Waals surface area contributed by atoms with Gasteiger partial charge in [-0.25, -0.2) is 0 Å². The van der Waals surface area contributed by atoms with Crippen molar-refractivity contribution in [2.45, 2.75) is 37.6 Å². The highest BCUT2D eigenvalue weighted by atomic mass is 16.6. The summed E-state index contributed by atoms with van der Waals surface area (Å²) in [5.74, 6) is -0.106. The monoisotopic (exact) mass is 344 g/mol. The molecule has 0 amide bonds. The number of ether oxygens (including phenoxy) is 4. The molecule has 3 aliphatic heterocycles. The van der Waals surface area contributed by atoms with Gasteiger partial charge in [-0.3, -0.25) is 9.59 Å². The van der Waals surface area contributed by atoms with Crippen LogP contribution in [0.2, 0.25) is 0 Å². The maximum Gasteiger partial charge on any atom is 0.314 e. The molecule has 2 aliphatic carbocycles. The van der Waals surface area contributed by atoms with Crippen molar-refractivity contribution in [1.29, 1.82) is 0 Å². The standard InChI is InChI=1S/C19H20O6/c1-8-15-17-13-14(19(8,18(21)25-17)7-12(20)23-3)11-6-9(22-2)4-5-10(11)16(13)24-15/h4-6,8,13-17H,7H2,1-3H3/t8-,13?,14?,15?,16-,17+,19+/m0/s1. The highest BCUT2D eigenvalue weighted by molar-refractivity contribution is 5.87.